The number of allylic oxidation sites excluding steroid dienone is 3. The molecule has 2 N–H and O–H groups in total. The fraction of sp³-hybridized carbons (Fsp3) is 0.333. The molecule has 3 atom stereocenters. The molecule has 0 saturated carbocycles. The van der Waals surface area contributed by atoms with Gasteiger partial charge in [0.05, 0.1) is 5.02 Å². The normalized spacial score (nSPS) is 29.0. The lowest BCUT2D eigenvalue weighted by atomic mass is 10.00. The van der Waals surface area contributed by atoms with Crippen LogP contribution in [0.4, 0.5) is 0 Å². The van der Waals surface area contributed by atoms with Crippen molar-refractivity contribution in [3.05, 3.63) is 46.5 Å². The predicted octanol–water partition coefficient (Wildman–Crippen LogP) is 3.41. The first-order valence-electron chi connectivity index (χ1n) is 7.84. The molecule has 0 bridgehead atoms. The van der Waals surface area contributed by atoms with Crippen molar-refractivity contribution < 1.29 is 24.5 Å². The molecular formula is C18H17ClO5S. The first-order chi connectivity index (χ1) is 11.9. The summed E-state index contributed by atoms with van der Waals surface area (Å²) in [6.45, 7) is 1.78. The van der Waals surface area contributed by atoms with E-state index < -0.39 is 17.5 Å². The summed E-state index contributed by atoms with van der Waals surface area (Å²) in [5.74, 6) is -1.92. The van der Waals surface area contributed by atoms with E-state index in [4.69, 9.17) is 16.3 Å². The number of fused-ring (bicyclic) bond motifs is 2. The Labute approximate surface area is 154 Å². The summed E-state index contributed by atoms with van der Waals surface area (Å²) >= 11 is 7.84. The van der Waals surface area contributed by atoms with Gasteiger partial charge < -0.3 is 14.9 Å². The van der Waals surface area contributed by atoms with E-state index in [1.54, 1.807) is 24.8 Å². The first kappa shape index (κ1) is 17.9. The number of aromatic hydroxyl groups is 2. The summed E-state index contributed by atoms with van der Waals surface area (Å²) in [4.78, 5) is 24.7. The minimum absolute atomic E-state index is 0.0609. The highest BCUT2D eigenvalue weighted by Crippen LogP contribution is 2.46. The third kappa shape index (κ3) is 4.02. The average Bonchev–Trinajstić information content (AvgIpc) is 3.25. The lowest BCUT2D eigenvalue weighted by molar-refractivity contribution is -0.114. The fourth-order valence-electron chi connectivity index (χ4n) is 2.78. The highest BCUT2D eigenvalue weighted by atomic mass is 35.5. The maximum atomic E-state index is 12.5. The molecule has 0 aliphatic carbocycles. The Morgan fingerprint density at radius 2 is 2.00 bits per heavy atom. The SMILES string of the molecule is C[C@@H]1C[C@H]2S[C@@H]2/C=C\C=C\C(=O)Cc2c(Cl)c(O)cc(O)c2C(=O)O1. The number of thioether (sulfide) groups is 1. The minimum Gasteiger partial charge on any atom is -0.507 e. The molecule has 1 saturated heterocycles. The van der Waals surface area contributed by atoms with E-state index in [0.717, 1.165) is 6.07 Å². The molecule has 2 heterocycles. The zero-order valence-electron chi connectivity index (χ0n) is 13.4. The Bertz CT molecular complexity index is 786. The number of rotatable bonds is 0. The van der Waals surface area contributed by atoms with Crippen molar-refractivity contribution in [1.82, 2.24) is 0 Å². The second-order valence-electron chi connectivity index (χ2n) is 6.06. The van der Waals surface area contributed by atoms with Crippen molar-refractivity contribution in [2.24, 2.45) is 0 Å². The lowest BCUT2D eigenvalue weighted by Crippen LogP contribution is -2.19. The number of esters is 1. The van der Waals surface area contributed by atoms with Gasteiger partial charge in [-0.25, -0.2) is 4.79 Å². The van der Waals surface area contributed by atoms with Crippen LogP contribution in [0.5, 0.6) is 11.5 Å². The van der Waals surface area contributed by atoms with Gasteiger partial charge >= 0.3 is 5.97 Å². The molecular weight excluding hydrogens is 364 g/mol. The number of benzene rings is 1. The minimum atomic E-state index is -0.756. The Kier molecular flexibility index (Phi) is 5.11. The van der Waals surface area contributed by atoms with Gasteiger partial charge in [-0.05, 0) is 19.4 Å². The van der Waals surface area contributed by atoms with Crippen molar-refractivity contribution in [2.45, 2.75) is 36.4 Å². The van der Waals surface area contributed by atoms with Crippen molar-refractivity contribution in [2.75, 3.05) is 0 Å². The van der Waals surface area contributed by atoms with Crippen LogP contribution in [0.3, 0.4) is 0 Å². The molecule has 25 heavy (non-hydrogen) atoms. The standard InChI is InChI=1S/C18H17ClO5S/c1-9-6-15-14(25-15)5-3-2-4-10(20)7-11-16(18(23)24-9)12(21)8-13(22)17(11)19/h2-5,8-9,14-15,21-22H,6-7H2,1H3/b4-2+,5-3-/t9-,14-,15-/m1/s1. The van der Waals surface area contributed by atoms with Crippen LogP contribution in [0.1, 0.15) is 29.3 Å². The molecule has 2 aliphatic rings. The topological polar surface area (TPSA) is 83.8 Å². The summed E-state index contributed by atoms with van der Waals surface area (Å²) in [5.41, 5.74) is -0.116. The summed E-state index contributed by atoms with van der Waals surface area (Å²) < 4.78 is 5.42. The monoisotopic (exact) mass is 380 g/mol. The van der Waals surface area contributed by atoms with Gasteiger partial charge in [0, 0.05) is 28.6 Å². The van der Waals surface area contributed by atoms with E-state index in [1.807, 2.05) is 12.2 Å². The predicted molar refractivity (Wildman–Crippen MR) is 96.4 cm³/mol. The Hall–Kier alpha value is -1.92. The molecule has 0 aromatic heterocycles. The maximum Gasteiger partial charge on any atom is 0.342 e. The second kappa shape index (κ2) is 7.14. The molecule has 1 aromatic carbocycles. The highest BCUT2D eigenvalue weighted by Gasteiger charge is 2.38. The van der Waals surface area contributed by atoms with Crippen LogP contribution in [0.25, 0.3) is 0 Å². The van der Waals surface area contributed by atoms with Gasteiger partial charge in [0.1, 0.15) is 23.2 Å². The Morgan fingerprint density at radius 3 is 2.76 bits per heavy atom. The average molecular weight is 381 g/mol. The van der Waals surface area contributed by atoms with Gasteiger partial charge in [-0.15, -0.1) is 11.8 Å². The molecule has 5 nitrogen and oxygen atoms in total. The van der Waals surface area contributed by atoms with Crippen LogP contribution in [0.15, 0.2) is 30.4 Å². The van der Waals surface area contributed by atoms with E-state index in [2.05, 4.69) is 0 Å². The van der Waals surface area contributed by atoms with Crippen molar-refractivity contribution in [3.8, 4) is 11.5 Å². The van der Waals surface area contributed by atoms with Crippen LogP contribution >= 0.6 is 23.4 Å². The van der Waals surface area contributed by atoms with E-state index in [9.17, 15) is 19.8 Å². The number of cyclic esters (lactones) is 1. The van der Waals surface area contributed by atoms with Gasteiger partial charge in [-0.3, -0.25) is 4.79 Å². The zero-order chi connectivity index (χ0) is 18.1. The maximum absolute atomic E-state index is 12.5. The Morgan fingerprint density at radius 1 is 1.24 bits per heavy atom. The summed E-state index contributed by atoms with van der Waals surface area (Å²) in [6.07, 6.45) is 6.96. The Balaban J connectivity index is 2.01. The number of hydrogen-bond acceptors (Lipinski definition) is 6. The van der Waals surface area contributed by atoms with E-state index >= 15 is 0 Å². The third-order valence-electron chi connectivity index (χ3n) is 4.06. The van der Waals surface area contributed by atoms with Gasteiger partial charge in [0.2, 0.25) is 0 Å². The van der Waals surface area contributed by atoms with Crippen molar-refractivity contribution >= 4 is 35.1 Å². The number of phenols is 2. The number of hydrogen-bond donors (Lipinski definition) is 2. The summed E-state index contributed by atoms with van der Waals surface area (Å²) in [7, 11) is 0. The molecule has 132 valence electrons. The molecule has 1 aromatic rings. The fourth-order valence-corrected chi connectivity index (χ4v) is 4.07. The van der Waals surface area contributed by atoms with E-state index in [1.165, 1.54) is 6.08 Å². The van der Waals surface area contributed by atoms with Crippen LogP contribution in [-0.2, 0) is 16.0 Å². The van der Waals surface area contributed by atoms with Gasteiger partial charge in [0.25, 0.3) is 0 Å². The summed E-state index contributed by atoms with van der Waals surface area (Å²) in [6, 6.07) is 0.978. The van der Waals surface area contributed by atoms with Crippen LogP contribution in [-0.4, -0.2) is 38.6 Å². The number of phenolic OH excluding ortho intramolecular Hbond substituents is 2. The second-order valence-corrected chi connectivity index (χ2v) is 7.86. The van der Waals surface area contributed by atoms with Gasteiger partial charge in [-0.2, -0.15) is 0 Å². The third-order valence-corrected chi connectivity index (χ3v) is 5.81. The number of ketones is 1. The lowest BCUT2D eigenvalue weighted by Gasteiger charge is -2.17. The number of halogens is 1. The molecule has 1 fully saturated rings. The molecule has 2 aliphatic heterocycles. The molecule has 0 amide bonds. The van der Waals surface area contributed by atoms with Crippen LogP contribution in [0, 0.1) is 0 Å². The highest BCUT2D eigenvalue weighted by molar-refractivity contribution is 8.07. The quantitative estimate of drug-likeness (QED) is 0.530. The number of carbonyl (C=O) groups excluding carboxylic acids is 2. The molecule has 0 unspecified atom stereocenters. The largest absolute Gasteiger partial charge is 0.507 e. The van der Waals surface area contributed by atoms with Crippen LogP contribution in [0.2, 0.25) is 5.02 Å². The van der Waals surface area contributed by atoms with E-state index in [-0.39, 0.29) is 34.5 Å². The zero-order valence-corrected chi connectivity index (χ0v) is 15.0. The summed E-state index contributed by atoms with van der Waals surface area (Å²) in [5, 5.41) is 20.5. The van der Waals surface area contributed by atoms with E-state index in [0.29, 0.717) is 16.9 Å². The number of ether oxygens (including phenoxy) is 1. The van der Waals surface area contributed by atoms with Gasteiger partial charge in [-0.1, -0.05) is 29.8 Å². The first-order valence-corrected chi connectivity index (χ1v) is 9.16. The molecule has 3 rings (SSSR count). The van der Waals surface area contributed by atoms with Crippen molar-refractivity contribution in [1.29, 1.82) is 0 Å². The molecule has 0 spiro atoms. The van der Waals surface area contributed by atoms with Crippen LogP contribution < -0.4 is 0 Å². The van der Waals surface area contributed by atoms with Gasteiger partial charge in [0.15, 0.2) is 5.78 Å². The van der Waals surface area contributed by atoms with Crippen molar-refractivity contribution in [3.63, 3.8) is 0 Å². The molecule has 7 heteroatoms. The smallest absolute Gasteiger partial charge is 0.342 e. The number of carbonyl (C=O) groups is 2. The molecule has 0 radical (unpaired) electrons.